The van der Waals surface area contributed by atoms with Gasteiger partial charge in [-0.1, -0.05) is 51.1 Å². The van der Waals surface area contributed by atoms with E-state index in [1.807, 2.05) is 51.1 Å². The summed E-state index contributed by atoms with van der Waals surface area (Å²) in [5.74, 6) is 0. The van der Waals surface area contributed by atoms with E-state index in [0.717, 1.165) is 5.56 Å². The molecule has 0 fully saturated rings. The minimum atomic E-state index is -0.294. The Morgan fingerprint density at radius 2 is 1.87 bits per heavy atom. The third-order valence-corrected chi connectivity index (χ3v) is 2.11. The summed E-state index contributed by atoms with van der Waals surface area (Å²) in [6.07, 6.45) is 1.76. The van der Waals surface area contributed by atoms with E-state index in [-0.39, 0.29) is 11.5 Å². The molecule has 0 bridgehead atoms. The summed E-state index contributed by atoms with van der Waals surface area (Å²) in [6.45, 7) is 6.05. The van der Waals surface area contributed by atoms with Crippen molar-refractivity contribution in [2.24, 2.45) is 10.4 Å². The molecular weight excluding hydrogens is 184 g/mol. The third-order valence-electron chi connectivity index (χ3n) is 2.11. The van der Waals surface area contributed by atoms with Crippen LogP contribution in [0, 0.1) is 16.7 Å². The quantitative estimate of drug-likeness (QED) is 0.676. The van der Waals surface area contributed by atoms with Gasteiger partial charge in [0, 0.05) is 6.21 Å². The van der Waals surface area contributed by atoms with Gasteiger partial charge in [0.05, 0.1) is 6.07 Å². The molecule has 0 saturated heterocycles. The van der Waals surface area contributed by atoms with Gasteiger partial charge in [-0.25, -0.2) is 0 Å². The summed E-state index contributed by atoms with van der Waals surface area (Å²) in [5, 5.41) is 8.98. The van der Waals surface area contributed by atoms with Crippen molar-refractivity contribution in [2.45, 2.75) is 26.8 Å². The summed E-state index contributed by atoms with van der Waals surface area (Å²) >= 11 is 0. The largest absolute Gasteiger partial charge is 0.273 e. The lowest BCUT2D eigenvalue weighted by Gasteiger charge is -2.20. The monoisotopic (exact) mass is 200 g/mol. The highest BCUT2D eigenvalue weighted by molar-refractivity contribution is 5.79. The number of rotatable bonds is 2. The van der Waals surface area contributed by atoms with Crippen LogP contribution in [-0.4, -0.2) is 12.3 Å². The predicted octanol–water partition coefficient (Wildman–Crippen LogP) is 3.04. The lowest BCUT2D eigenvalue weighted by Crippen LogP contribution is -2.22. The Labute approximate surface area is 91.3 Å². The summed E-state index contributed by atoms with van der Waals surface area (Å²) in [5.41, 5.74) is 0.919. The molecule has 0 aromatic heterocycles. The Bertz CT molecular complexity index is 366. The lowest BCUT2D eigenvalue weighted by molar-refractivity contribution is 0.375. The molecular formula is C13H16N2. The second-order valence-corrected chi connectivity index (χ2v) is 4.59. The zero-order valence-electron chi connectivity index (χ0n) is 9.44. The molecule has 0 aliphatic heterocycles. The van der Waals surface area contributed by atoms with Crippen molar-refractivity contribution >= 4 is 6.21 Å². The molecule has 0 radical (unpaired) electrons. The average Bonchev–Trinajstić information content (AvgIpc) is 2.18. The third kappa shape index (κ3) is 3.55. The summed E-state index contributed by atoms with van der Waals surface area (Å²) < 4.78 is 0. The molecule has 1 aromatic carbocycles. The minimum Gasteiger partial charge on any atom is -0.273 e. The highest BCUT2D eigenvalue weighted by atomic mass is 14.8. The molecule has 0 spiro atoms. The Kier molecular flexibility index (Phi) is 3.62. The zero-order chi connectivity index (χ0) is 11.3. The van der Waals surface area contributed by atoms with Crippen LogP contribution in [0.2, 0.25) is 0 Å². The maximum absolute atomic E-state index is 8.98. The number of hydrogen-bond donors (Lipinski definition) is 0. The molecule has 2 nitrogen and oxygen atoms in total. The molecule has 1 rings (SSSR count). The number of aliphatic imine (C=N–C) groups is 1. The molecule has 0 N–H and O–H groups in total. The smallest absolute Gasteiger partial charge is 0.141 e. The lowest BCUT2D eigenvalue weighted by atomic mass is 9.88. The van der Waals surface area contributed by atoms with Gasteiger partial charge in [-0.15, -0.1) is 0 Å². The van der Waals surface area contributed by atoms with Gasteiger partial charge in [-0.2, -0.15) is 5.26 Å². The van der Waals surface area contributed by atoms with Gasteiger partial charge in [0.2, 0.25) is 0 Å². The second-order valence-electron chi connectivity index (χ2n) is 4.59. The van der Waals surface area contributed by atoms with Crippen molar-refractivity contribution in [1.29, 1.82) is 5.26 Å². The Morgan fingerprint density at radius 3 is 2.33 bits per heavy atom. The average molecular weight is 200 g/mol. The van der Waals surface area contributed by atoms with E-state index in [9.17, 15) is 0 Å². The minimum absolute atomic E-state index is 0.111. The van der Waals surface area contributed by atoms with E-state index in [4.69, 9.17) is 5.26 Å². The Morgan fingerprint density at radius 1 is 1.27 bits per heavy atom. The molecule has 1 aromatic rings. The second kappa shape index (κ2) is 4.75. The van der Waals surface area contributed by atoms with Gasteiger partial charge in [-0.05, 0) is 11.0 Å². The molecule has 0 unspecified atom stereocenters. The van der Waals surface area contributed by atoms with E-state index in [0.29, 0.717) is 0 Å². The maximum atomic E-state index is 8.98. The molecule has 0 aliphatic rings. The van der Waals surface area contributed by atoms with E-state index in [1.165, 1.54) is 0 Å². The van der Waals surface area contributed by atoms with Gasteiger partial charge in [0.1, 0.15) is 6.04 Å². The maximum Gasteiger partial charge on any atom is 0.141 e. The van der Waals surface area contributed by atoms with Crippen LogP contribution in [0.1, 0.15) is 26.3 Å². The Hall–Kier alpha value is -1.62. The van der Waals surface area contributed by atoms with Crippen molar-refractivity contribution in [3.63, 3.8) is 0 Å². The molecule has 0 heterocycles. The predicted molar refractivity (Wildman–Crippen MR) is 62.9 cm³/mol. The van der Waals surface area contributed by atoms with Crippen LogP contribution >= 0.6 is 0 Å². The molecule has 0 saturated carbocycles. The molecule has 15 heavy (non-hydrogen) atoms. The number of benzene rings is 1. The van der Waals surface area contributed by atoms with Crippen LogP contribution in [0.3, 0.4) is 0 Å². The van der Waals surface area contributed by atoms with Gasteiger partial charge < -0.3 is 0 Å². The first-order chi connectivity index (χ1) is 7.04. The molecule has 78 valence electrons. The van der Waals surface area contributed by atoms with Gasteiger partial charge >= 0.3 is 0 Å². The summed E-state index contributed by atoms with van der Waals surface area (Å²) in [7, 11) is 0. The highest BCUT2D eigenvalue weighted by Gasteiger charge is 2.22. The number of nitriles is 1. The van der Waals surface area contributed by atoms with Gasteiger partial charge in [0.25, 0.3) is 0 Å². The van der Waals surface area contributed by atoms with Crippen LogP contribution in [0.25, 0.3) is 0 Å². The fourth-order valence-electron chi connectivity index (χ4n) is 1.15. The molecule has 0 amide bonds. The van der Waals surface area contributed by atoms with Crippen molar-refractivity contribution in [1.82, 2.24) is 0 Å². The first-order valence-electron chi connectivity index (χ1n) is 5.02. The van der Waals surface area contributed by atoms with Crippen molar-refractivity contribution in [3.05, 3.63) is 35.9 Å². The van der Waals surface area contributed by atoms with Crippen molar-refractivity contribution in [3.8, 4) is 6.07 Å². The Balaban J connectivity index is 2.78. The number of nitrogens with zero attached hydrogens (tertiary/aromatic N) is 2. The number of hydrogen-bond acceptors (Lipinski definition) is 2. The van der Waals surface area contributed by atoms with Gasteiger partial charge in [0.15, 0.2) is 0 Å². The SMILES string of the molecule is CC(C)(C)[C@@H](C#N)N=Cc1ccccc1. The zero-order valence-corrected chi connectivity index (χ0v) is 9.44. The van der Waals surface area contributed by atoms with E-state index in [1.54, 1.807) is 6.21 Å². The van der Waals surface area contributed by atoms with Crippen LogP contribution < -0.4 is 0 Å². The highest BCUT2D eigenvalue weighted by Crippen LogP contribution is 2.21. The van der Waals surface area contributed by atoms with Crippen molar-refractivity contribution < 1.29 is 0 Å². The van der Waals surface area contributed by atoms with E-state index >= 15 is 0 Å². The van der Waals surface area contributed by atoms with Crippen LogP contribution in [-0.2, 0) is 0 Å². The summed E-state index contributed by atoms with van der Waals surface area (Å²) in [4.78, 5) is 4.30. The van der Waals surface area contributed by atoms with Gasteiger partial charge in [-0.3, -0.25) is 4.99 Å². The molecule has 0 aliphatic carbocycles. The van der Waals surface area contributed by atoms with Crippen LogP contribution in [0.5, 0.6) is 0 Å². The van der Waals surface area contributed by atoms with Crippen LogP contribution in [0.15, 0.2) is 35.3 Å². The first-order valence-corrected chi connectivity index (χ1v) is 5.02. The van der Waals surface area contributed by atoms with Crippen LogP contribution in [0.4, 0.5) is 0 Å². The standard InChI is InChI=1S/C13H16N2/c1-13(2,3)12(9-14)15-10-11-7-5-4-6-8-11/h4-8,10,12H,1-3H3/t12-/m1/s1. The normalized spacial score (nSPS) is 13.7. The molecule has 1 atom stereocenters. The molecule has 2 heteroatoms. The van der Waals surface area contributed by atoms with Crippen molar-refractivity contribution in [2.75, 3.05) is 0 Å². The fourth-order valence-corrected chi connectivity index (χ4v) is 1.15. The first kappa shape index (κ1) is 11.5. The topological polar surface area (TPSA) is 36.1 Å². The van der Waals surface area contributed by atoms with E-state index in [2.05, 4.69) is 11.1 Å². The summed E-state index contributed by atoms with van der Waals surface area (Å²) in [6, 6.07) is 11.7. The van der Waals surface area contributed by atoms with E-state index < -0.39 is 0 Å². The fraction of sp³-hybridized carbons (Fsp3) is 0.385.